The standard InChI is InChI=1S/C15H20N2O3/c1-10(15(19)20)17-14(18)13-8-12(9-16-13)7-11-5-3-2-4-6-11/h2-6,10,12-13,16H,7-9H2,1H3,(H,17,18)(H,19,20)/t10-,12-,13+/m0/s1. The summed E-state index contributed by atoms with van der Waals surface area (Å²) >= 11 is 0. The first kappa shape index (κ1) is 14.5. The van der Waals surface area contributed by atoms with Crippen LogP contribution in [0.2, 0.25) is 0 Å². The molecule has 0 saturated carbocycles. The van der Waals surface area contributed by atoms with E-state index >= 15 is 0 Å². The average Bonchev–Trinajstić information content (AvgIpc) is 2.88. The highest BCUT2D eigenvalue weighted by Crippen LogP contribution is 2.19. The summed E-state index contributed by atoms with van der Waals surface area (Å²) in [5.41, 5.74) is 1.26. The second-order valence-corrected chi connectivity index (χ2v) is 5.32. The zero-order chi connectivity index (χ0) is 14.5. The van der Waals surface area contributed by atoms with Crippen LogP contribution < -0.4 is 10.6 Å². The van der Waals surface area contributed by atoms with Crippen molar-refractivity contribution in [1.82, 2.24) is 10.6 Å². The largest absolute Gasteiger partial charge is 0.480 e. The lowest BCUT2D eigenvalue weighted by molar-refractivity contribution is -0.141. The molecule has 108 valence electrons. The van der Waals surface area contributed by atoms with Crippen molar-refractivity contribution in [3.05, 3.63) is 35.9 Å². The Labute approximate surface area is 118 Å². The molecule has 20 heavy (non-hydrogen) atoms. The van der Waals surface area contributed by atoms with E-state index in [1.807, 2.05) is 18.2 Å². The summed E-state index contributed by atoms with van der Waals surface area (Å²) in [5, 5.41) is 14.5. The third-order valence-electron chi connectivity index (χ3n) is 3.63. The minimum Gasteiger partial charge on any atom is -0.480 e. The second kappa shape index (κ2) is 6.52. The molecule has 0 unspecified atom stereocenters. The van der Waals surface area contributed by atoms with Gasteiger partial charge in [-0.25, -0.2) is 0 Å². The first-order chi connectivity index (χ1) is 9.56. The highest BCUT2D eigenvalue weighted by atomic mass is 16.4. The van der Waals surface area contributed by atoms with E-state index in [0.717, 1.165) is 19.4 Å². The number of hydrogen-bond acceptors (Lipinski definition) is 3. The molecule has 1 heterocycles. The van der Waals surface area contributed by atoms with E-state index in [-0.39, 0.29) is 11.9 Å². The molecule has 1 amide bonds. The maximum atomic E-state index is 11.9. The Hall–Kier alpha value is -1.88. The fourth-order valence-electron chi connectivity index (χ4n) is 2.49. The van der Waals surface area contributed by atoms with Crippen molar-refractivity contribution in [2.24, 2.45) is 5.92 Å². The van der Waals surface area contributed by atoms with Gasteiger partial charge in [-0.2, -0.15) is 0 Å². The summed E-state index contributed by atoms with van der Waals surface area (Å²) in [6.45, 7) is 2.26. The molecule has 1 aliphatic heterocycles. The quantitative estimate of drug-likeness (QED) is 0.743. The van der Waals surface area contributed by atoms with Gasteiger partial charge in [0.05, 0.1) is 6.04 Å². The number of carbonyl (C=O) groups is 2. The molecule has 3 N–H and O–H groups in total. The number of aliphatic carboxylic acids is 1. The Morgan fingerprint density at radius 3 is 2.75 bits per heavy atom. The normalized spacial score (nSPS) is 23.2. The molecule has 1 fully saturated rings. The molecule has 0 radical (unpaired) electrons. The number of amides is 1. The number of hydrogen-bond donors (Lipinski definition) is 3. The van der Waals surface area contributed by atoms with Crippen LogP contribution in [0.5, 0.6) is 0 Å². The van der Waals surface area contributed by atoms with Crippen molar-refractivity contribution in [1.29, 1.82) is 0 Å². The Bertz CT molecular complexity index is 475. The molecule has 1 saturated heterocycles. The van der Waals surface area contributed by atoms with Crippen LogP contribution in [0.1, 0.15) is 18.9 Å². The lowest BCUT2D eigenvalue weighted by atomic mass is 9.96. The molecule has 5 heteroatoms. The van der Waals surface area contributed by atoms with Crippen molar-refractivity contribution in [2.45, 2.75) is 31.8 Å². The Kier molecular flexibility index (Phi) is 4.74. The number of nitrogens with one attached hydrogen (secondary N) is 2. The number of rotatable bonds is 5. The van der Waals surface area contributed by atoms with Crippen molar-refractivity contribution >= 4 is 11.9 Å². The minimum absolute atomic E-state index is 0.226. The highest BCUT2D eigenvalue weighted by Gasteiger charge is 2.30. The van der Waals surface area contributed by atoms with Crippen LogP contribution in [0, 0.1) is 5.92 Å². The number of benzene rings is 1. The van der Waals surface area contributed by atoms with Gasteiger partial charge in [0.15, 0.2) is 0 Å². The van der Waals surface area contributed by atoms with E-state index in [0.29, 0.717) is 5.92 Å². The van der Waals surface area contributed by atoms with Crippen molar-refractivity contribution < 1.29 is 14.7 Å². The molecule has 1 aliphatic rings. The lowest BCUT2D eigenvalue weighted by Gasteiger charge is -2.14. The van der Waals surface area contributed by atoms with Gasteiger partial charge in [0.2, 0.25) is 5.91 Å². The van der Waals surface area contributed by atoms with E-state index in [2.05, 4.69) is 22.8 Å². The lowest BCUT2D eigenvalue weighted by Crippen LogP contribution is -2.46. The molecule has 0 spiro atoms. The molecular formula is C15H20N2O3. The molecule has 1 aromatic rings. The molecule has 0 bridgehead atoms. The smallest absolute Gasteiger partial charge is 0.325 e. The highest BCUT2D eigenvalue weighted by molar-refractivity contribution is 5.86. The van der Waals surface area contributed by atoms with E-state index in [9.17, 15) is 9.59 Å². The molecule has 0 aliphatic carbocycles. The Morgan fingerprint density at radius 2 is 2.10 bits per heavy atom. The van der Waals surface area contributed by atoms with Gasteiger partial charge < -0.3 is 15.7 Å². The third kappa shape index (κ3) is 3.81. The van der Waals surface area contributed by atoms with E-state index < -0.39 is 12.0 Å². The molecule has 0 aromatic heterocycles. The first-order valence-corrected chi connectivity index (χ1v) is 6.86. The number of carbonyl (C=O) groups excluding carboxylic acids is 1. The SMILES string of the molecule is C[C@H](NC(=O)[C@H]1C[C@H](Cc2ccccc2)CN1)C(=O)O. The fourth-order valence-corrected chi connectivity index (χ4v) is 2.49. The second-order valence-electron chi connectivity index (χ2n) is 5.32. The van der Waals surface area contributed by atoms with Crippen LogP contribution in [0.15, 0.2) is 30.3 Å². The maximum absolute atomic E-state index is 11.9. The maximum Gasteiger partial charge on any atom is 0.325 e. The van der Waals surface area contributed by atoms with Gasteiger partial charge in [-0.3, -0.25) is 9.59 Å². The van der Waals surface area contributed by atoms with Crippen LogP contribution in [0.4, 0.5) is 0 Å². The summed E-state index contributed by atoms with van der Waals surface area (Å²) in [7, 11) is 0. The summed E-state index contributed by atoms with van der Waals surface area (Å²) < 4.78 is 0. The summed E-state index contributed by atoms with van der Waals surface area (Å²) in [6.07, 6.45) is 1.68. The van der Waals surface area contributed by atoms with Crippen molar-refractivity contribution in [3.63, 3.8) is 0 Å². The van der Waals surface area contributed by atoms with Crippen LogP contribution in [0.25, 0.3) is 0 Å². The first-order valence-electron chi connectivity index (χ1n) is 6.86. The zero-order valence-corrected chi connectivity index (χ0v) is 11.5. The number of carboxylic acids is 1. The molecule has 3 atom stereocenters. The van der Waals surface area contributed by atoms with Crippen molar-refractivity contribution in [2.75, 3.05) is 6.54 Å². The molecule has 5 nitrogen and oxygen atoms in total. The predicted octanol–water partition coefficient (Wildman–Crippen LogP) is 0.796. The average molecular weight is 276 g/mol. The monoisotopic (exact) mass is 276 g/mol. The van der Waals surface area contributed by atoms with Crippen LogP contribution in [0.3, 0.4) is 0 Å². The minimum atomic E-state index is -1.02. The van der Waals surface area contributed by atoms with Gasteiger partial charge in [0.25, 0.3) is 0 Å². The van der Waals surface area contributed by atoms with E-state index in [1.54, 1.807) is 0 Å². The zero-order valence-electron chi connectivity index (χ0n) is 11.5. The third-order valence-corrected chi connectivity index (χ3v) is 3.63. The molecule has 2 rings (SSSR count). The van der Waals surface area contributed by atoms with Crippen molar-refractivity contribution in [3.8, 4) is 0 Å². The van der Waals surface area contributed by atoms with Gasteiger partial charge in [0, 0.05) is 0 Å². The summed E-state index contributed by atoms with van der Waals surface area (Å²) in [4.78, 5) is 22.6. The van der Waals surface area contributed by atoms with Gasteiger partial charge in [-0.15, -0.1) is 0 Å². The van der Waals surface area contributed by atoms with Gasteiger partial charge in [-0.1, -0.05) is 30.3 Å². The topological polar surface area (TPSA) is 78.4 Å². The van der Waals surface area contributed by atoms with E-state index in [1.165, 1.54) is 12.5 Å². The Balaban J connectivity index is 1.83. The summed E-state index contributed by atoms with van der Waals surface area (Å²) in [5.74, 6) is -0.832. The van der Waals surface area contributed by atoms with Gasteiger partial charge >= 0.3 is 5.97 Å². The van der Waals surface area contributed by atoms with Crippen LogP contribution >= 0.6 is 0 Å². The number of carboxylic acid groups (broad SMARTS) is 1. The van der Waals surface area contributed by atoms with Gasteiger partial charge in [0.1, 0.15) is 6.04 Å². The predicted molar refractivity (Wildman–Crippen MR) is 75.3 cm³/mol. The Morgan fingerprint density at radius 1 is 1.40 bits per heavy atom. The molecular weight excluding hydrogens is 256 g/mol. The van der Waals surface area contributed by atoms with Crippen LogP contribution in [-0.2, 0) is 16.0 Å². The molecule has 1 aromatic carbocycles. The fraction of sp³-hybridized carbons (Fsp3) is 0.467. The van der Waals surface area contributed by atoms with Crippen LogP contribution in [-0.4, -0.2) is 35.6 Å². The summed E-state index contributed by atoms with van der Waals surface area (Å²) in [6, 6.07) is 9.04. The van der Waals surface area contributed by atoms with Gasteiger partial charge in [-0.05, 0) is 37.8 Å². The van der Waals surface area contributed by atoms with E-state index in [4.69, 9.17) is 5.11 Å².